The summed E-state index contributed by atoms with van der Waals surface area (Å²) < 4.78 is 0. The SMILES string of the molecule is CC(C)CC(NC(=O)c1ccccc1)C(=O)NC(CC(C)C)C(O)CC[N-]Cc1ccccc1.[Ac]. The molecule has 3 unspecified atom stereocenters. The van der Waals surface area contributed by atoms with Crippen LogP contribution < -0.4 is 10.6 Å². The van der Waals surface area contributed by atoms with Crippen molar-refractivity contribution in [1.82, 2.24) is 10.6 Å². The van der Waals surface area contributed by atoms with Gasteiger partial charge in [0.1, 0.15) is 6.04 Å². The van der Waals surface area contributed by atoms with Crippen molar-refractivity contribution >= 4 is 11.8 Å². The largest absolute Gasteiger partial charge is 0.658 e. The van der Waals surface area contributed by atoms with E-state index in [1.54, 1.807) is 24.3 Å². The van der Waals surface area contributed by atoms with Gasteiger partial charge in [-0.2, -0.15) is 0 Å². The molecule has 0 aliphatic heterocycles. The first-order valence-corrected chi connectivity index (χ1v) is 12.3. The van der Waals surface area contributed by atoms with Crippen LogP contribution in [0.5, 0.6) is 0 Å². The molecule has 3 N–H and O–H groups in total. The van der Waals surface area contributed by atoms with E-state index in [4.69, 9.17) is 0 Å². The topological polar surface area (TPSA) is 92.5 Å². The standard InChI is InChI=1S/C28H40N3O3.Ac/c1-20(2)17-24(26(32)15-16-29-19-22-11-7-5-8-12-22)30-28(34)25(18-21(3)4)31-27(33)23-13-9-6-10-14-23;/h5-14,20-21,24-26,32H,15-19H2,1-4H3,(H,30,34)(H,31,33);/q-1;. The van der Waals surface area contributed by atoms with Gasteiger partial charge < -0.3 is 21.1 Å². The van der Waals surface area contributed by atoms with E-state index in [1.807, 2.05) is 50.2 Å². The van der Waals surface area contributed by atoms with Crippen molar-refractivity contribution in [2.45, 2.75) is 71.7 Å². The molecular formula is C28H40AcN3O3-. The second-order valence-corrected chi connectivity index (χ2v) is 9.71. The summed E-state index contributed by atoms with van der Waals surface area (Å²) in [5.74, 6) is -0.0216. The first-order valence-electron chi connectivity index (χ1n) is 12.3. The Labute approximate surface area is 246 Å². The fraction of sp³-hybridized carbons (Fsp3) is 0.500. The smallest absolute Gasteiger partial charge is 0.251 e. The summed E-state index contributed by atoms with van der Waals surface area (Å²) in [4.78, 5) is 25.9. The van der Waals surface area contributed by atoms with Crippen molar-refractivity contribution in [1.29, 1.82) is 0 Å². The van der Waals surface area contributed by atoms with Gasteiger partial charge in [-0.15, -0.1) is 13.1 Å². The van der Waals surface area contributed by atoms with E-state index in [1.165, 1.54) is 0 Å². The molecule has 35 heavy (non-hydrogen) atoms. The number of aliphatic hydroxyl groups is 1. The van der Waals surface area contributed by atoms with Gasteiger partial charge in [0.2, 0.25) is 5.91 Å². The summed E-state index contributed by atoms with van der Waals surface area (Å²) in [6.07, 6.45) is 0.916. The van der Waals surface area contributed by atoms with E-state index in [0.717, 1.165) is 5.56 Å². The molecule has 6 nitrogen and oxygen atoms in total. The second-order valence-electron chi connectivity index (χ2n) is 9.71. The molecule has 2 aromatic carbocycles. The molecular weight excluding hydrogens is 653 g/mol. The number of hydrogen-bond donors (Lipinski definition) is 3. The summed E-state index contributed by atoms with van der Waals surface area (Å²) in [5, 5.41) is 21.3. The van der Waals surface area contributed by atoms with E-state index in [9.17, 15) is 14.7 Å². The van der Waals surface area contributed by atoms with Gasteiger partial charge in [-0.1, -0.05) is 81.8 Å². The predicted octanol–water partition coefficient (Wildman–Crippen LogP) is 4.69. The van der Waals surface area contributed by atoms with Gasteiger partial charge in [-0.25, -0.2) is 0 Å². The molecule has 3 atom stereocenters. The molecule has 0 saturated heterocycles. The zero-order chi connectivity index (χ0) is 24.9. The van der Waals surface area contributed by atoms with Crippen molar-refractivity contribution in [2.24, 2.45) is 11.8 Å². The van der Waals surface area contributed by atoms with Crippen LogP contribution in [0.15, 0.2) is 60.7 Å². The normalized spacial score (nSPS) is 13.6. The Kier molecular flexibility index (Phi) is 15.7. The minimum atomic E-state index is -0.713. The molecule has 1 radical (unpaired) electrons. The summed E-state index contributed by atoms with van der Waals surface area (Å²) >= 11 is 0. The predicted molar refractivity (Wildman–Crippen MR) is 138 cm³/mol. The van der Waals surface area contributed by atoms with Crippen molar-refractivity contribution in [3.05, 3.63) is 77.1 Å². The van der Waals surface area contributed by atoms with Gasteiger partial charge in [-0.3, -0.25) is 9.59 Å². The molecule has 2 rings (SSSR count). The third-order valence-corrected chi connectivity index (χ3v) is 5.60. The van der Waals surface area contributed by atoms with Crippen LogP contribution in [-0.4, -0.2) is 41.7 Å². The number of benzene rings is 2. The van der Waals surface area contributed by atoms with Crippen LogP contribution >= 0.6 is 0 Å². The number of amides is 2. The van der Waals surface area contributed by atoms with Crippen LogP contribution in [0.3, 0.4) is 0 Å². The summed E-state index contributed by atoms with van der Waals surface area (Å²) in [6, 6.07) is 17.8. The van der Waals surface area contributed by atoms with Crippen molar-refractivity contribution in [2.75, 3.05) is 6.54 Å². The Hall–Kier alpha value is -1.26. The molecule has 2 amide bonds. The molecule has 7 heteroatoms. The fourth-order valence-electron chi connectivity index (χ4n) is 3.85. The third-order valence-electron chi connectivity index (χ3n) is 5.60. The molecule has 0 fully saturated rings. The molecule has 0 aliphatic carbocycles. The minimum absolute atomic E-state index is 0. The van der Waals surface area contributed by atoms with Crippen LogP contribution in [0.25, 0.3) is 5.32 Å². The Morgan fingerprint density at radius 3 is 2.00 bits per heavy atom. The molecule has 2 aromatic rings. The second kappa shape index (κ2) is 17.2. The molecule has 189 valence electrons. The van der Waals surface area contributed by atoms with E-state index in [2.05, 4.69) is 29.8 Å². The van der Waals surface area contributed by atoms with Crippen LogP contribution in [0, 0.1) is 55.9 Å². The Bertz CT molecular complexity index is 862. The van der Waals surface area contributed by atoms with Gasteiger partial charge in [-0.05, 0) is 43.2 Å². The Balaban J connectivity index is 0.00000612. The summed E-state index contributed by atoms with van der Waals surface area (Å²) in [6.45, 7) is 9.29. The average molecular weight is 694 g/mol. The zero-order valence-electron chi connectivity index (χ0n) is 21.5. The number of rotatable bonds is 14. The first kappa shape index (κ1) is 31.8. The number of nitrogens with one attached hydrogen (secondary N) is 2. The number of nitrogens with zero attached hydrogens (tertiary/aromatic N) is 1. The monoisotopic (exact) mass is 693 g/mol. The fourth-order valence-corrected chi connectivity index (χ4v) is 3.85. The molecule has 0 aliphatic rings. The van der Waals surface area contributed by atoms with E-state index >= 15 is 0 Å². The summed E-state index contributed by atoms with van der Waals surface area (Å²) in [5.41, 5.74) is 1.65. The molecule has 0 saturated carbocycles. The van der Waals surface area contributed by atoms with Crippen LogP contribution in [0.4, 0.5) is 0 Å². The zero-order valence-corrected chi connectivity index (χ0v) is 26.2. The van der Waals surface area contributed by atoms with Gasteiger partial charge in [0.25, 0.3) is 5.91 Å². The molecule has 0 spiro atoms. The van der Waals surface area contributed by atoms with Gasteiger partial charge in [0.15, 0.2) is 0 Å². The van der Waals surface area contributed by atoms with Gasteiger partial charge >= 0.3 is 0 Å². The minimum Gasteiger partial charge on any atom is -0.658 e. The Morgan fingerprint density at radius 1 is 0.857 bits per heavy atom. The summed E-state index contributed by atoms with van der Waals surface area (Å²) in [7, 11) is 0. The van der Waals surface area contributed by atoms with E-state index < -0.39 is 18.2 Å². The van der Waals surface area contributed by atoms with Gasteiger partial charge in [0.05, 0.1) is 12.1 Å². The maximum atomic E-state index is 13.2. The van der Waals surface area contributed by atoms with Crippen molar-refractivity contribution < 1.29 is 58.8 Å². The maximum absolute atomic E-state index is 13.2. The number of carbonyl (C=O) groups excluding carboxylic acids is 2. The molecule has 0 heterocycles. The quantitative estimate of drug-likeness (QED) is 0.251. The van der Waals surface area contributed by atoms with E-state index in [-0.39, 0.29) is 61.8 Å². The average Bonchev–Trinajstić information content (AvgIpc) is 2.81. The Morgan fingerprint density at radius 2 is 1.43 bits per heavy atom. The van der Waals surface area contributed by atoms with Gasteiger partial charge in [0, 0.05) is 49.6 Å². The van der Waals surface area contributed by atoms with Crippen LogP contribution in [-0.2, 0) is 11.3 Å². The molecule has 0 bridgehead atoms. The van der Waals surface area contributed by atoms with Crippen molar-refractivity contribution in [3.63, 3.8) is 0 Å². The number of aliphatic hydroxyl groups excluding tert-OH is 1. The molecule has 0 aromatic heterocycles. The van der Waals surface area contributed by atoms with E-state index in [0.29, 0.717) is 43.8 Å². The number of hydrogen-bond acceptors (Lipinski definition) is 3. The third kappa shape index (κ3) is 12.5. The first-order chi connectivity index (χ1) is 16.3. The maximum Gasteiger partial charge on any atom is 0.251 e. The number of carbonyl (C=O) groups is 2. The van der Waals surface area contributed by atoms with Crippen LogP contribution in [0.1, 0.15) is 62.9 Å². The van der Waals surface area contributed by atoms with Crippen molar-refractivity contribution in [3.8, 4) is 0 Å². The van der Waals surface area contributed by atoms with Crippen LogP contribution in [0.2, 0.25) is 0 Å².